The fourth-order valence-corrected chi connectivity index (χ4v) is 3.97. The van der Waals surface area contributed by atoms with Crippen molar-refractivity contribution in [3.05, 3.63) is 44.0 Å². The smallest absolute Gasteiger partial charge is 0.308 e. The summed E-state index contributed by atoms with van der Waals surface area (Å²) in [5.41, 5.74) is 0.962. The Labute approximate surface area is 167 Å². The number of hydrogen-bond donors (Lipinski definition) is 0. The molecule has 2 heterocycles. The number of thiazole rings is 1. The van der Waals surface area contributed by atoms with E-state index in [0.29, 0.717) is 47.4 Å². The molecule has 1 aromatic heterocycles. The number of rotatable bonds is 7. The van der Waals surface area contributed by atoms with Crippen molar-refractivity contribution in [1.29, 1.82) is 0 Å². The first kappa shape index (κ1) is 20.1. The van der Waals surface area contributed by atoms with Crippen molar-refractivity contribution in [3.63, 3.8) is 0 Å². The SMILES string of the molecule is CCCCN(C)C(=O)c1sc(=O)n(CC(=O)c2ccc3c(c2)OCCO3)c1C. The summed E-state index contributed by atoms with van der Waals surface area (Å²) < 4.78 is 12.3. The van der Waals surface area contributed by atoms with Crippen molar-refractivity contribution >= 4 is 23.0 Å². The van der Waals surface area contributed by atoms with E-state index in [0.717, 1.165) is 24.2 Å². The van der Waals surface area contributed by atoms with Crippen LogP contribution in [-0.2, 0) is 6.54 Å². The van der Waals surface area contributed by atoms with Gasteiger partial charge in [-0.25, -0.2) is 0 Å². The minimum atomic E-state index is -0.310. The molecular formula is C20H24N2O5S. The van der Waals surface area contributed by atoms with Gasteiger partial charge in [0.1, 0.15) is 18.1 Å². The number of carbonyl (C=O) groups excluding carboxylic acids is 2. The highest BCUT2D eigenvalue weighted by Gasteiger charge is 2.22. The average Bonchev–Trinajstić information content (AvgIpc) is 2.99. The third-order valence-electron chi connectivity index (χ3n) is 4.70. The zero-order chi connectivity index (χ0) is 20.3. The third-order valence-corrected chi connectivity index (χ3v) is 5.77. The highest BCUT2D eigenvalue weighted by Crippen LogP contribution is 2.31. The van der Waals surface area contributed by atoms with E-state index in [-0.39, 0.29) is 23.1 Å². The van der Waals surface area contributed by atoms with E-state index in [4.69, 9.17) is 9.47 Å². The lowest BCUT2D eigenvalue weighted by atomic mass is 10.1. The Hall–Kier alpha value is -2.61. The van der Waals surface area contributed by atoms with Crippen LogP contribution in [0.4, 0.5) is 0 Å². The standard InChI is InChI=1S/C20H24N2O5S/c1-4-5-8-21(3)19(24)18-13(2)22(20(25)28-18)12-15(23)14-6-7-16-17(11-14)27-10-9-26-16/h6-7,11H,4-5,8-10,12H2,1-3H3. The summed E-state index contributed by atoms with van der Waals surface area (Å²) in [6.07, 6.45) is 1.89. The number of Topliss-reactive ketones (excluding diaryl/α,β-unsaturated/α-hetero) is 1. The maximum Gasteiger partial charge on any atom is 0.308 e. The van der Waals surface area contributed by atoms with E-state index >= 15 is 0 Å². The van der Waals surface area contributed by atoms with E-state index < -0.39 is 0 Å². The van der Waals surface area contributed by atoms with Gasteiger partial charge < -0.3 is 14.4 Å². The molecule has 1 aromatic carbocycles. The molecule has 0 aliphatic carbocycles. The second-order valence-corrected chi connectivity index (χ2v) is 7.69. The number of ketones is 1. The van der Waals surface area contributed by atoms with Gasteiger partial charge in [-0.15, -0.1) is 0 Å². The molecule has 28 heavy (non-hydrogen) atoms. The molecule has 7 nitrogen and oxygen atoms in total. The number of carbonyl (C=O) groups is 2. The predicted molar refractivity (Wildman–Crippen MR) is 107 cm³/mol. The highest BCUT2D eigenvalue weighted by molar-refractivity contribution is 7.11. The second kappa shape index (κ2) is 8.60. The summed E-state index contributed by atoms with van der Waals surface area (Å²) in [6, 6.07) is 4.99. The Morgan fingerprint density at radius 3 is 2.64 bits per heavy atom. The molecule has 0 saturated heterocycles. The summed E-state index contributed by atoms with van der Waals surface area (Å²) >= 11 is 0.890. The zero-order valence-corrected chi connectivity index (χ0v) is 17.1. The molecule has 0 spiro atoms. The Kier molecular flexibility index (Phi) is 6.18. The normalized spacial score (nSPS) is 12.7. The van der Waals surface area contributed by atoms with Gasteiger partial charge in [0.15, 0.2) is 17.3 Å². The number of aromatic nitrogens is 1. The average molecular weight is 404 g/mol. The number of unbranched alkanes of at least 4 members (excludes halogenated alkanes) is 1. The number of hydrogen-bond acceptors (Lipinski definition) is 6. The van der Waals surface area contributed by atoms with Gasteiger partial charge in [0.25, 0.3) is 5.91 Å². The van der Waals surface area contributed by atoms with Crippen LogP contribution in [0.3, 0.4) is 0 Å². The van der Waals surface area contributed by atoms with Crippen LogP contribution < -0.4 is 14.3 Å². The fourth-order valence-electron chi connectivity index (χ4n) is 2.98. The van der Waals surface area contributed by atoms with Crippen LogP contribution in [0.25, 0.3) is 0 Å². The number of ether oxygens (including phenoxy) is 2. The fraction of sp³-hybridized carbons (Fsp3) is 0.450. The minimum absolute atomic E-state index is 0.118. The lowest BCUT2D eigenvalue weighted by Gasteiger charge is -2.18. The molecule has 150 valence electrons. The summed E-state index contributed by atoms with van der Waals surface area (Å²) in [5.74, 6) is 0.728. The van der Waals surface area contributed by atoms with Gasteiger partial charge in [0, 0.05) is 24.8 Å². The van der Waals surface area contributed by atoms with Crippen LogP contribution in [0.5, 0.6) is 11.5 Å². The molecule has 0 saturated carbocycles. The van der Waals surface area contributed by atoms with Gasteiger partial charge in [-0.1, -0.05) is 24.7 Å². The monoisotopic (exact) mass is 404 g/mol. The maximum atomic E-state index is 12.7. The maximum absolute atomic E-state index is 12.7. The third kappa shape index (κ3) is 4.11. The van der Waals surface area contributed by atoms with E-state index in [2.05, 4.69) is 6.92 Å². The van der Waals surface area contributed by atoms with Crippen LogP contribution in [0, 0.1) is 6.92 Å². The Morgan fingerprint density at radius 1 is 1.21 bits per heavy atom. The van der Waals surface area contributed by atoms with Crippen LogP contribution >= 0.6 is 11.3 Å². The van der Waals surface area contributed by atoms with Crippen LogP contribution in [0.1, 0.15) is 45.5 Å². The van der Waals surface area contributed by atoms with Crippen LogP contribution in [-0.4, -0.2) is 48.0 Å². The van der Waals surface area contributed by atoms with Gasteiger partial charge in [-0.3, -0.25) is 19.0 Å². The van der Waals surface area contributed by atoms with E-state index in [1.807, 2.05) is 0 Å². The zero-order valence-electron chi connectivity index (χ0n) is 16.3. The predicted octanol–water partition coefficient (Wildman–Crippen LogP) is 2.74. The lowest BCUT2D eigenvalue weighted by molar-refractivity contribution is 0.0795. The van der Waals surface area contributed by atoms with Crippen LogP contribution in [0.15, 0.2) is 23.0 Å². The summed E-state index contributed by atoms with van der Waals surface area (Å²) in [5, 5.41) is 0. The van der Waals surface area contributed by atoms with Crippen molar-refractivity contribution in [2.45, 2.75) is 33.2 Å². The number of benzene rings is 1. The quantitative estimate of drug-likeness (QED) is 0.663. The molecular weight excluding hydrogens is 380 g/mol. The molecule has 1 amide bonds. The lowest BCUT2D eigenvalue weighted by Crippen LogP contribution is -2.28. The Balaban J connectivity index is 1.79. The topological polar surface area (TPSA) is 77.8 Å². The van der Waals surface area contributed by atoms with Gasteiger partial charge in [-0.2, -0.15) is 0 Å². The Bertz CT molecular complexity index is 947. The molecule has 0 fully saturated rings. The molecule has 1 aliphatic rings. The van der Waals surface area contributed by atoms with E-state index in [9.17, 15) is 14.4 Å². The second-order valence-electron chi connectivity index (χ2n) is 6.73. The van der Waals surface area contributed by atoms with Crippen molar-refractivity contribution in [3.8, 4) is 11.5 Å². The van der Waals surface area contributed by atoms with Crippen molar-refractivity contribution in [1.82, 2.24) is 9.47 Å². The molecule has 2 aromatic rings. The summed E-state index contributed by atoms with van der Waals surface area (Å²) in [4.78, 5) is 39.4. The van der Waals surface area contributed by atoms with Crippen LogP contribution in [0.2, 0.25) is 0 Å². The van der Waals surface area contributed by atoms with Gasteiger partial charge in [-0.05, 0) is 31.5 Å². The summed E-state index contributed by atoms with van der Waals surface area (Å²) in [6.45, 7) is 5.19. The molecule has 0 atom stereocenters. The van der Waals surface area contributed by atoms with Gasteiger partial charge in [0.2, 0.25) is 0 Å². The molecule has 0 radical (unpaired) electrons. The highest BCUT2D eigenvalue weighted by atomic mass is 32.1. The molecule has 0 bridgehead atoms. The molecule has 8 heteroatoms. The first-order valence-electron chi connectivity index (χ1n) is 9.31. The van der Waals surface area contributed by atoms with Crippen molar-refractivity contribution in [2.24, 2.45) is 0 Å². The summed E-state index contributed by atoms with van der Waals surface area (Å²) in [7, 11) is 1.73. The van der Waals surface area contributed by atoms with Gasteiger partial charge >= 0.3 is 4.87 Å². The van der Waals surface area contributed by atoms with Gasteiger partial charge in [0.05, 0.1) is 6.54 Å². The number of nitrogens with zero attached hydrogens (tertiary/aromatic N) is 2. The number of amides is 1. The number of fused-ring (bicyclic) bond motifs is 1. The minimum Gasteiger partial charge on any atom is -0.486 e. The van der Waals surface area contributed by atoms with E-state index in [1.165, 1.54) is 4.57 Å². The first-order chi connectivity index (χ1) is 13.4. The molecule has 1 aliphatic heterocycles. The van der Waals surface area contributed by atoms with E-state index in [1.54, 1.807) is 37.1 Å². The first-order valence-corrected chi connectivity index (χ1v) is 10.1. The molecule has 0 unspecified atom stereocenters. The van der Waals surface area contributed by atoms with Crippen molar-refractivity contribution in [2.75, 3.05) is 26.8 Å². The largest absolute Gasteiger partial charge is 0.486 e. The van der Waals surface area contributed by atoms with Crippen molar-refractivity contribution < 1.29 is 19.1 Å². The Morgan fingerprint density at radius 2 is 1.93 bits per heavy atom. The molecule has 3 rings (SSSR count). The molecule has 0 N–H and O–H groups in total.